The minimum atomic E-state index is -0.191. The van der Waals surface area contributed by atoms with Crippen LogP contribution in [-0.2, 0) is 7.05 Å². The third-order valence-electron chi connectivity index (χ3n) is 3.97. The lowest BCUT2D eigenvalue weighted by Gasteiger charge is -2.36. The molecule has 0 radical (unpaired) electrons. The molecule has 0 spiro atoms. The van der Waals surface area contributed by atoms with E-state index in [9.17, 15) is 4.39 Å². The molecule has 1 aromatic carbocycles. The number of hydrogen-bond donors (Lipinski definition) is 1. The number of rotatable bonds is 1. The Morgan fingerprint density at radius 2 is 2.20 bits per heavy atom. The van der Waals surface area contributed by atoms with Crippen LogP contribution in [0.2, 0.25) is 0 Å². The van der Waals surface area contributed by atoms with Gasteiger partial charge in [-0.3, -0.25) is 0 Å². The van der Waals surface area contributed by atoms with Gasteiger partial charge in [0.25, 0.3) is 0 Å². The molecular weight excluding hydrogens is 273 g/mol. The average molecular weight is 291 g/mol. The zero-order chi connectivity index (χ0) is 14.3. The van der Waals surface area contributed by atoms with Crippen molar-refractivity contribution >= 4 is 28.8 Å². The summed E-state index contributed by atoms with van der Waals surface area (Å²) in [5.74, 6) is -0.191. The molecule has 1 aliphatic rings. The van der Waals surface area contributed by atoms with E-state index in [1.807, 2.05) is 29.9 Å². The van der Waals surface area contributed by atoms with E-state index in [-0.39, 0.29) is 11.9 Å². The number of nitrogens with one attached hydrogen (secondary N) is 1. The first kappa shape index (κ1) is 13.5. The summed E-state index contributed by atoms with van der Waals surface area (Å²) in [5.41, 5.74) is 1.64. The lowest BCUT2D eigenvalue weighted by molar-refractivity contribution is 0.491. The van der Waals surface area contributed by atoms with Gasteiger partial charge in [0.2, 0.25) is 0 Å². The van der Waals surface area contributed by atoms with Crippen LogP contribution >= 0.6 is 12.2 Å². The van der Waals surface area contributed by atoms with Crippen LogP contribution in [0.4, 0.5) is 10.1 Å². The zero-order valence-electron chi connectivity index (χ0n) is 11.7. The van der Waals surface area contributed by atoms with Crippen LogP contribution in [0.1, 0.15) is 6.92 Å². The van der Waals surface area contributed by atoms with Gasteiger partial charge < -0.3 is 14.8 Å². The third-order valence-corrected chi connectivity index (χ3v) is 4.33. The van der Waals surface area contributed by atoms with Crippen molar-refractivity contribution in [3.05, 3.63) is 34.7 Å². The summed E-state index contributed by atoms with van der Waals surface area (Å²) >= 11 is 5.29. The number of aryl methyl sites for hydroxylation is 1. The fourth-order valence-corrected chi connectivity index (χ4v) is 3.03. The molecule has 1 fully saturated rings. The Morgan fingerprint density at radius 3 is 2.95 bits per heavy atom. The zero-order valence-corrected chi connectivity index (χ0v) is 12.5. The maximum atomic E-state index is 14.5. The Hall–Kier alpha value is -1.46. The Bertz CT molecular complexity index is 710. The van der Waals surface area contributed by atoms with Crippen molar-refractivity contribution in [1.29, 1.82) is 0 Å². The molecule has 3 rings (SSSR count). The molecular formula is C15H18FN3S. The van der Waals surface area contributed by atoms with E-state index in [4.69, 9.17) is 12.2 Å². The minimum absolute atomic E-state index is 0.191. The van der Waals surface area contributed by atoms with Gasteiger partial charge in [-0.15, -0.1) is 0 Å². The third kappa shape index (κ3) is 2.21. The number of hydrogen-bond acceptors (Lipinski definition) is 3. The highest BCUT2D eigenvalue weighted by molar-refractivity contribution is 7.71. The van der Waals surface area contributed by atoms with Gasteiger partial charge in [-0.05, 0) is 25.1 Å². The lowest BCUT2D eigenvalue weighted by Crippen LogP contribution is -2.50. The number of pyridine rings is 1. The number of fused-ring (bicyclic) bond motifs is 1. The first-order chi connectivity index (χ1) is 9.58. The average Bonchev–Trinajstić information content (AvgIpc) is 2.44. The van der Waals surface area contributed by atoms with Crippen molar-refractivity contribution in [3.63, 3.8) is 0 Å². The fraction of sp³-hybridized carbons (Fsp3) is 0.400. The van der Waals surface area contributed by atoms with Crippen LogP contribution < -0.4 is 10.2 Å². The van der Waals surface area contributed by atoms with Crippen molar-refractivity contribution in [2.75, 3.05) is 24.5 Å². The molecule has 0 bridgehead atoms. The van der Waals surface area contributed by atoms with Gasteiger partial charge in [0.1, 0.15) is 5.82 Å². The fourth-order valence-electron chi connectivity index (χ4n) is 2.81. The highest BCUT2D eigenvalue weighted by Gasteiger charge is 2.21. The van der Waals surface area contributed by atoms with E-state index in [0.717, 1.165) is 30.5 Å². The monoisotopic (exact) mass is 291 g/mol. The van der Waals surface area contributed by atoms with E-state index >= 15 is 0 Å². The van der Waals surface area contributed by atoms with E-state index < -0.39 is 0 Å². The lowest BCUT2D eigenvalue weighted by atomic mass is 10.1. The molecule has 0 saturated carbocycles. The van der Waals surface area contributed by atoms with Gasteiger partial charge >= 0.3 is 0 Å². The predicted molar refractivity (Wildman–Crippen MR) is 83.4 cm³/mol. The molecule has 2 aromatic rings. The smallest absolute Gasteiger partial charge is 0.147 e. The summed E-state index contributed by atoms with van der Waals surface area (Å²) in [7, 11) is 1.96. The van der Waals surface area contributed by atoms with E-state index in [0.29, 0.717) is 10.2 Å². The Morgan fingerprint density at radius 1 is 1.40 bits per heavy atom. The molecule has 20 heavy (non-hydrogen) atoms. The van der Waals surface area contributed by atoms with Gasteiger partial charge in [-0.1, -0.05) is 12.2 Å². The molecule has 1 aromatic heterocycles. The largest absolute Gasteiger partial charge is 0.364 e. The van der Waals surface area contributed by atoms with Gasteiger partial charge in [0, 0.05) is 48.8 Å². The van der Waals surface area contributed by atoms with Gasteiger partial charge in [0.05, 0.1) is 11.2 Å². The molecule has 1 saturated heterocycles. The van der Waals surface area contributed by atoms with Crippen molar-refractivity contribution in [3.8, 4) is 0 Å². The molecule has 1 atom stereocenters. The first-order valence-electron chi connectivity index (χ1n) is 6.84. The van der Waals surface area contributed by atoms with Crippen LogP contribution in [0.15, 0.2) is 24.4 Å². The number of nitrogens with zero attached hydrogens (tertiary/aromatic N) is 2. The van der Waals surface area contributed by atoms with E-state index in [1.165, 1.54) is 0 Å². The first-order valence-corrected chi connectivity index (χ1v) is 7.25. The van der Waals surface area contributed by atoms with E-state index in [1.54, 1.807) is 6.07 Å². The summed E-state index contributed by atoms with van der Waals surface area (Å²) < 4.78 is 17.2. The van der Waals surface area contributed by atoms with Crippen LogP contribution in [0.5, 0.6) is 0 Å². The maximum Gasteiger partial charge on any atom is 0.147 e. The quantitative estimate of drug-likeness (QED) is 0.816. The highest BCUT2D eigenvalue weighted by atomic mass is 32.1. The number of anilines is 1. The van der Waals surface area contributed by atoms with Crippen molar-refractivity contribution in [2.24, 2.45) is 7.05 Å². The van der Waals surface area contributed by atoms with Crippen molar-refractivity contribution in [1.82, 2.24) is 9.88 Å². The molecule has 0 amide bonds. The summed E-state index contributed by atoms with van der Waals surface area (Å²) in [6.07, 6.45) is 1.92. The Labute approximate surface area is 123 Å². The molecule has 1 unspecified atom stereocenters. The number of aromatic nitrogens is 1. The topological polar surface area (TPSA) is 20.2 Å². The highest BCUT2D eigenvalue weighted by Crippen LogP contribution is 2.28. The molecule has 5 heteroatoms. The summed E-state index contributed by atoms with van der Waals surface area (Å²) in [6, 6.07) is 5.61. The maximum absolute atomic E-state index is 14.5. The van der Waals surface area contributed by atoms with E-state index in [2.05, 4.69) is 17.1 Å². The van der Waals surface area contributed by atoms with Crippen LogP contribution in [0, 0.1) is 10.3 Å². The molecule has 2 heterocycles. The molecule has 1 N–H and O–H groups in total. The second kappa shape index (κ2) is 5.14. The second-order valence-corrected chi connectivity index (χ2v) is 5.80. The summed E-state index contributed by atoms with van der Waals surface area (Å²) in [6.45, 7) is 4.69. The second-order valence-electron chi connectivity index (χ2n) is 5.36. The Balaban J connectivity index is 2.19. The normalized spacial score (nSPS) is 19.6. The summed E-state index contributed by atoms with van der Waals surface area (Å²) in [4.78, 5) is 2.13. The van der Waals surface area contributed by atoms with Crippen molar-refractivity contribution in [2.45, 2.75) is 13.0 Å². The SMILES string of the molecule is CC1CNCCN1c1cc2c(cc1F)c(=S)ccn2C. The standard InChI is InChI=1S/C15H18FN3S/c1-10-9-17-4-6-19(10)14-8-13-11(7-12(14)16)15(20)3-5-18(13)2/h3,5,7-8,10,17H,4,6,9H2,1-2H3. The molecule has 106 valence electrons. The molecule has 0 aliphatic carbocycles. The van der Waals surface area contributed by atoms with Crippen LogP contribution in [0.25, 0.3) is 10.9 Å². The number of halogens is 1. The van der Waals surface area contributed by atoms with Crippen LogP contribution in [0.3, 0.4) is 0 Å². The predicted octanol–water partition coefficient (Wildman–Crippen LogP) is 2.84. The van der Waals surface area contributed by atoms with Gasteiger partial charge in [-0.25, -0.2) is 4.39 Å². The minimum Gasteiger partial charge on any atom is -0.364 e. The number of piperazine rings is 1. The summed E-state index contributed by atoms with van der Waals surface area (Å²) in [5, 5.41) is 4.13. The number of benzene rings is 1. The van der Waals surface area contributed by atoms with Gasteiger partial charge in [0.15, 0.2) is 0 Å². The molecule has 1 aliphatic heterocycles. The van der Waals surface area contributed by atoms with Crippen LogP contribution in [-0.4, -0.2) is 30.2 Å². The Kier molecular flexibility index (Phi) is 3.48. The molecule has 3 nitrogen and oxygen atoms in total. The van der Waals surface area contributed by atoms with Crippen molar-refractivity contribution < 1.29 is 4.39 Å². The van der Waals surface area contributed by atoms with Gasteiger partial charge in [-0.2, -0.15) is 0 Å².